The summed E-state index contributed by atoms with van der Waals surface area (Å²) in [5.41, 5.74) is -0.847. The van der Waals surface area contributed by atoms with Crippen LogP contribution in [-0.2, 0) is 10.1 Å². The Hall–Kier alpha value is -2.37. The van der Waals surface area contributed by atoms with Crippen LogP contribution in [-0.4, -0.2) is 23.0 Å². The molecule has 0 atom stereocenters. The number of hydrogen-bond donors (Lipinski definition) is 1. The van der Waals surface area contributed by atoms with Crippen LogP contribution >= 0.6 is 0 Å². The fourth-order valence-electron chi connectivity index (χ4n) is 2.35. The van der Waals surface area contributed by atoms with Crippen molar-refractivity contribution in [1.82, 2.24) is 0 Å². The topological polar surface area (TPSA) is 145 Å². The van der Waals surface area contributed by atoms with Gasteiger partial charge in [-0.15, -0.1) is 10.2 Å². The van der Waals surface area contributed by atoms with E-state index >= 15 is 0 Å². The molecular weight excluding hydrogens is 385 g/mol. The number of nitro groups is 1. The van der Waals surface area contributed by atoms with E-state index in [0.717, 1.165) is 17.5 Å². The number of benzene rings is 3. The maximum Gasteiger partial charge on any atom is 1.00 e. The Bertz CT molecular complexity index is 1160. The van der Waals surface area contributed by atoms with Crippen molar-refractivity contribution in [2.75, 3.05) is 0 Å². The zero-order valence-electron chi connectivity index (χ0n) is 13.9. The van der Waals surface area contributed by atoms with Crippen LogP contribution in [0.5, 0.6) is 5.75 Å². The molecule has 0 spiro atoms. The van der Waals surface area contributed by atoms with E-state index in [9.17, 15) is 28.2 Å². The van der Waals surface area contributed by atoms with Gasteiger partial charge in [-0.2, -0.15) is 0 Å². The largest absolute Gasteiger partial charge is 1.00 e. The van der Waals surface area contributed by atoms with Crippen LogP contribution in [0.3, 0.4) is 0 Å². The van der Waals surface area contributed by atoms with E-state index in [1.165, 1.54) is 6.07 Å². The molecule has 11 heteroatoms. The number of non-ortho nitro benzene ring substituents is 1. The van der Waals surface area contributed by atoms with E-state index in [4.69, 9.17) is 0 Å². The molecule has 3 rings (SSSR count). The zero-order valence-corrected chi connectivity index (χ0v) is 16.8. The van der Waals surface area contributed by atoms with Gasteiger partial charge in [0.15, 0.2) is 0 Å². The molecule has 0 aliphatic heterocycles. The van der Waals surface area contributed by atoms with Gasteiger partial charge < -0.3 is 9.66 Å². The quantitative estimate of drug-likeness (QED) is 0.227. The minimum atomic E-state index is -5.02. The minimum Gasteiger partial charge on any atom is -0.744 e. The maximum absolute atomic E-state index is 11.4. The third-order valence-corrected chi connectivity index (χ3v) is 4.43. The Morgan fingerprint density at radius 1 is 1.00 bits per heavy atom. The maximum atomic E-state index is 11.4. The van der Waals surface area contributed by atoms with Gasteiger partial charge in [0, 0.05) is 17.5 Å². The number of fused-ring (bicyclic) bond motifs is 1. The molecule has 0 saturated carbocycles. The molecule has 0 bridgehead atoms. The average molecular weight is 395 g/mol. The minimum absolute atomic E-state index is 0. The van der Waals surface area contributed by atoms with Crippen molar-refractivity contribution in [3.05, 3.63) is 64.7 Å². The summed E-state index contributed by atoms with van der Waals surface area (Å²) in [6, 6.07) is 12.7. The van der Waals surface area contributed by atoms with Crippen molar-refractivity contribution in [1.29, 1.82) is 0 Å². The number of rotatable bonds is 4. The van der Waals surface area contributed by atoms with E-state index in [1.54, 1.807) is 30.3 Å². The van der Waals surface area contributed by atoms with Gasteiger partial charge >= 0.3 is 29.6 Å². The average Bonchev–Trinajstić information content (AvgIpc) is 2.60. The van der Waals surface area contributed by atoms with Crippen LogP contribution in [0.25, 0.3) is 10.8 Å². The number of nitro benzene ring substituents is 1. The van der Waals surface area contributed by atoms with Gasteiger partial charge in [-0.05, 0) is 17.5 Å². The van der Waals surface area contributed by atoms with Crippen LogP contribution in [0.1, 0.15) is 0 Å². The second-order valence-corrected chi connectivity index (χ2v) is 6.57. The van der Waals surface area contributed by atoms with Crippen molar-refractivity contribution >= 4 is 38.0 Å². The Kier molecular flexibility index (Phi) is 6.29. The van der Waals surface area contributed by atoms with Gasteiger partial charge in [0.1, 0.15) is 27.2 Å². The number of hydrogen-bond acceptors (Lipinski definition) is 8. The Balaban J connectivity index is 0.00000261. The van der Waals surface area contributed by atoms with Crippen LogP contribution in [0.2, 0.25) is 0 Å². The summed E-state index contributed by atoms with van der Waals surface area (Å²) in [6.45, 7) is 0. The number of azo groups is 1. The van der Waals surface area contributed by atoms with E-state index in [0.29, 0.717) is 11.5 Å². The van der Waals surface area contributed by atoms with E-state index in [1.807, 2.05) is 0 Å². The predicted molar refractivity (Wildman–Crippen MR) is 90.8 cm³/mol. The molecule has 0 heterocycles. The summed E-state index contributed by atoms with van der Waals surface area (Å²) in [5.74, 6) is -0.194. The normalized spacial score (nSPS) is 11.4. The monoisotopic (exact) mass is 395 g/mol. The molecule has 1 N–H and O–H groups in total. The van der Waals surface area contributed by atoms with Gasteiger partial charge in [-0.3, -0.25) is 10.1 Å². The van der Waals surface area contributed by atoms with Gasteiger partial charge in [-0.25, -0.2) is 8.42 Å². The summed E-state index contributed by atoms with van der Waals surface area (Å²) in [7, 11) is -5.02. The second kappa shape index (κ2) is 8.11. The first-order valence-electron chi connectivity index (χ1n) is 7.14. The summed E-state index contributed by atoms with van der Waals surface area (Å²) in [6.07, 6.45) is 0. The summed E-state index contributed by atoms with van der Waals surface area (Å²) < 4.78 is 34.2. The molecule has 0 aliphatic rings. The number of phenols is 1. The standard InChI is InChI=1S/C16H11N3O6S.Na/c20-14-8-5-10-3-1-2-4-12(10)16(14)18-17-13-7-6-11(19(21)22)9-15(13)26(23,24)25;/h1-9,20H,(H,23,24,25);/q;+1/p-1. The molecule has 3 aromatic carbocycles. The predicted octanol–water partition coefficient (Wildman–Crippen LogP) is 0.777. The van der Waals surface area contributed by atoms with E-state index in [2.05, 4.69) is 10.2 Å². The van der Waals surface area contributed by atoms with Gasteiger partial charge in [-0.1, -0.05) is 30.3 Å². The molecule has 0 unspecified atom stereocenters. The molecule has 0 aromatic heterocycles. The van der Waals surface area contributed by atoms with Crippen molar-refractivity contribution in [2.24, 2.45) is 10.2 Å². The zero-order chi connectivity index (χ0) is 18.9. The van der Waals surface area contributed by atoms with E-state index in [-0.39, 0.29) is 46.7 Å². The Morgan fingerprint density at radius 2 is 1.70 bits per heavy atom. The van der Waals surface area contributed by atoms with E-state index < -0.39 is 25.6 Å². The number of nitrogens with zero attached hydrogens (tertiary/aromatic N) is 3. The van der Waals surface area contributed by atoms with Crippen LogP contribution < -0.4 is 29.6 Å². The molecular formula is C16H10N3NaO6S. The Labute approximate surface area is 175 Å². The molecule has 3 aromatic rings. The molecule has 0 radical (unpaired) electrons. The molecule has 132 valence electrons. The fraction of sp³-hybridized carbons (Fsp3) is 0. The van der Waals surface area contributed by atoms with Crippen LogP contribution in [0, 0.1) is 10.1 Å². The summed E-state index contributed by atoms with van der Waals surface area (Å²) in [4.78, 5) is 9.09. The van der Waals surface area contributed by atoms with Crippen molar-refractivity contribution in [2.45, 2.75) is 4.90 Å². The molecule has 9 nitrogen and oxygen atoms in total. The first kappa shape index (κ1) is 20.9. The summed E-state index contributed by atoms with van der Waals surface area (Å²) in [5, 5.41) is 29.7. The SMILES string of the molecule is O=[N+]([O-])c1ccc(N=Nc2c(O)ccc3ccccc23)c(S(=O)(=O)[O-])c1.[Na+]. The molecule has 27 heavy (non-hydrogen) atoms. The first-order valence-corrected chi connectivity index (χ1v) is 8.55. The molecule has 0 amide bonds. The number of phenolic OH excluding ortho intramolecular Hbond substituents is 1. The molecule has 0 fully saturated rings. The fourth-order valence-corrected chi connectivity index (χ4v) is 2.98. The van der Waals surface area contributed by atoms with Crippen LogP contribution in [0.15, 0.2) is 69.7 Å². The van der Waals surface area contributed by atoms with Gasteiger partial charge in [0.05, 0.1) is 9.82 Å². The third kappa shape index (κ3) is 4.49. The summed E-state index contributed by atoms with van der Waals surface area (Å²) >= 11 is 0. The Morgan fingerprint density at radius 3 is 2.37 bits per heavy atom. The van der Waals surface area contributed by atoms with Crippen molar-refractivity contribution in [3.63, 3.8) is 0 Å². The first-order chi connectivity index (χ1) is 12.3. The number of aromatic hydroxyl groups is 1. The third-order valence-electron chi connectivity index (χ3n) is 3.56. The van der Waals surface area contributed by atoms with Gasteiger partial charge in [0.25, 0.3) is 5.69 Å². The van der Waals surface area contributed by atoms with Crippen LogP contribution in [0.4, 0.5) is 17.1 Å². The molecule has 0 aliphatic carbocycles. The second-order valence-electron chi connectivity index (χ2n) is 5.22. The van der Waals surface area contributed by atoms with Crippen molar-refractivity contribution < 1.29 is 52.6 Å². The van der Waals surface area contributed by atoms with Crippen molar-refractivity contribution in [3.8, 4) is 5.75 Å². The van der Waals surface area contributed by atoms with Gasteiger partial charge in [0.2, 0.25) is 0 Å². The molecule has 0 saturated heterocycles. The smallest absolute Gasteiger partial charge is 0.744 e.